The molecule has 0 aliphatic carbocycles. The topological polar surface area (TPSA) is 71.5 Å². The molecule has 2 aromatic carbocycles. The van der Waals surface area contributed by atoms with Gasteiger partial charge >= 0.3 is 0 Å². The summed E-state index contributed by atoms with van der Waals surface area (Å²) in [5.41, 5.74) is 1.12. The van der Waals surface area contributed by atoms with Crippen molar-refractivity contribution in [1.82, 2.24) is 4.98 Å². The Kier molecular flexibility index (Phi) is 4.86. The molecular weight excluding hydrogens is 340 g/mol. The number of rotatable bonds is 4. The molecule has 1 aromatic heterocycles. The molecule has 0 unspecified atom stereocenters. The van der Waals surface area contributed by atoms with Crippen LogP contribution in [0, 0.1) is 6.92 Å². The molecule has 0 bridgehead atoms. The van der Waals surface area contributed by atoms with Gasteiger partial charge in [-0.15, -0.1) is 0 Å². The number of nitrogens with one attached hydrogen (secondary N) is 1. The van der Waals surface area contributed by atoms with Crippen LogP contribution in [0.25, 0.3) is 0 Å². The maximum atomic E-state index is 12.2. The Morgan fingerprint density at radius 1 is 1.12 bits per heavy atom. The molecule has 0 spiro atoms. The number of aryl methyl sites for hydroxylation is 1. The molecular formula is C19H15ClN2O3. The second-order valence-electron chi connectivity index (χ2n) is 5.34. The summed E-state index contributed by atoms with van der Waals surface area (Å²) in [6.07, 6.45) is 1.48. The Labute approximate surface area is 149 Å². The summed E-state index contributed by atoms with van der Waals surface area (Å²) >= 11 is 6.06. The minimum atomic E-state index is -0.485. The number of carbonyl (C=O) groups is 1. The van der Waals surface area contributed by atoms with E-state index in [4.69, 9.17) is 16.3 Å². The second-order valence-corrected chi connectivity index (χ2v) is 5.74. The molecule has 3 rings (SSSR count). The lowest BCUT2D eigenvalue weighted by Gasteiger charge is -2.10. The first kappa shape index (κ1) is 16.8. The highest BCUT2D eigenvalue weighted by atomic mass is 35.5. The monoisotopic (exact) mass is 354 g/mol. The molecule has 25 heavy (non-hydrogen) atoms. The third-order valence-electron chi connectivity index (χ3n) is 3.52. The van der Waals surface area contributed by atoms with Crippen LogP contribution in [-0.4, -0.2) is 16.0 Å². The number of nitrogens with zero attached hydrogens (tertiary/aromatic N) is 1. The smallest absolute Gasteiger partial charge is 0.278 e. The van der Waals surface area contributed by atoms with Crippen LogP contribution in [0.15, 0.2) is 60.8 Å². The van der Waals surface area contributed by atoms with Crippen LogP contribution >= 0.6 is 11.6 Å². The van der Waals surface area contributed by atoms with Crippen LogP contribution in [0.5, 0.6) is 17.2 Å². The zero-order valence-corrected chi connectivity index (χ0v) is 14.1. The minimum absolute atomic E-state index is 0.0172. The molecule has 0 atom stereocenters. The van der Waals surface area contributed by atoms with Crippen molar-refractivity contribution < 1.29 is 14.6 Å². The average molecular weight is 355 g/mol. The quantitative estimate of drug-likeness (QED) is 0.706. The number of halogens is 1. The van der Waals surface area contributed by atoms with E-state index in [0.717, 1.165) is 0 Å². The normalized spacial score (nSPS) is 10.3. The van der Waals surface area contributed by atoms with Crippen molar-refractivity contribution in [3.63, 3.8) is 0 Å². The number of aromatic nitrogens is 1. The van der Waals surface area contributed by atoms with E-state index in [1.807, 2.05) is 12.1 Å². The molecule has 2 N–H and O–H groups in total. The number of ether oxygens (including phenoxy) is 1. The molecule has 0 aliphatic heterocycles. The Balaban J connectivity index is 1.71. The number of hydrogen-bond acceptors (Lipinski definition) is 4. The van der Waals surface area contributed by atoms with Crippen molar-refractivity contribution in [3.8, 4) is 17.2 Å². The summed E-state index contributed by atoms with van der Waals surface area (Å²) in [4.78, 5) is 16.1. The maximum Gasteiger partial charge on any atom is 0.278 e. The van der Waals surface area contributed by atoms with Gasteiger partial charge in [-0.3, -0.25) is 4.79 Å². The third-order valence-corrected chi connectivity index (χ3v) is 3.83. The molecule has 3 aromatic rings. The first-order valence-electron chi connectivity index (χ1n) is 7.53. The van der Waals surface area contributed by atoms with Gasteiger partial charge in [-0.1, -0.05) is 23.7 Å². The predicted molar refractivity (Wildman–Crippen MR) is 96.6 cm³/mol. The Morgan fingerprint density at radius 2 is 1.84 bits per heavy atom. The van der Waals surface area contributed by atoms with Gasteiger partial charge in [-0.25, -0.2) is 4.98 Å². The van der Waals surface area contributed by atoms with Crippen molar-refractivity contribution in [1.29, 1.82) is 0 Å². The molecule has 0 saturated heterocycles. The van der Waals surface area contributed by atoms with Gasteiger partial charge in [0.1, 0.15) is 17.2 Å². The number of benzene rings is 2. The highest BCUT2D eigenvalue weighted by molar-refractivity contribution is 6.32. The van der Waals surface area contributed by atoms with Crippen molar-refractivity contribution in [3.05, 3.63) is 77.1 Å². The minimum Gasteiger partial charge on any atom is -0.505 e. The second kappa shape index (κ2) is 7.23. The Morgan fingerprint density at radius 3 is 2.56 bits per heavy atom. The number of amides is 1. The van der Waals surface area contributed by atoms with Crippen LogP contribution in [0.2, 0.25) is 5.02 Å². The van der Waals surface area contributed by atoms with E-state index < -0.39 is 5.91 Å². The van der Waals surface area contributed by atoms with E-state index in [2.05, 4.69) is 10.3 Å². The summed E-state index contributed by atoms with van der Waals surface area (Å²) < 4.78 is 5.69. The predicted octanol–water partition coefficient (Wildman–Crippen LogP) is 4.79. The van der Waals surface area contributed by atoms with Gasteiger partial charge in [-0.2, -0.15) is 0 Å². The first-order valence-corrected chi connectivity index (χ1v) is 7.91. The van der Waals surface area contributed by atoms with Crippen molar-refractivity contribution >= 4 is 23.2 Å². The molecule has 6 heteroatoms. The van der Waals surface area contributed by atoms with Gasteiger partial charge in [0.05, 0.1) is 5.02 Å². The fourth-order valence-corrected chi connectivity index (χ4v) is 2.34. The largest absolute Gasteiger partial charge is 0.505 e. The van der Waals surface area contributed by atoms with E-state index in [0.29, 0.717) is 27.8 Å². The SMILES string of the molecule is Cc1ccnc(C(=O)Nc2ccc(Oc3ccccc3Cl)cc2)c1O. The number of pyridine rings is 1. The summed E-state index contributed by atoms with van der Waals surface area (Å²) in [7, 11) is 0. The summed E-state index contributed by atoms with van der Waals surface area (Å²) in [5, 5.41) is 13.1. The summed E-state index contributed by atoms with van der Waals surface area (Å²) in [6.45, 7) is 1.70. The summed E-state index contributed by atoms with van der Waals surface area (Å²) in [5.74, 6) is 0.525. The van der Waals surface area contributed by atoms with Gasteiger partial charge in [0.15, 0.2) is 5.69 Å². The molecule has 126 valence electrons. The fraction of sp³-hybridized carbons (Fsp3) is 0.0526. The van der Waals surface area contributed by atoms with Gasteiger partial charge in [0.25, 0.3) is 5.91 Å². The van der Waals surface area contributed by atoms with Crippen LogP contribution in [0.4, 0.5) is 5.69 Å². The van der Waals surface area contributed by atoms with Crippen molar-refractivity contribution in [2.45, 2.75) is 6.92 Å². The van der Waals surface area contributed by atoms with Gasteiger partial charge in [0, 0.05) is 11.9 Å². The highest BCUT2D eigenvalue weighted by Gasteiger charge is 2.14. The fourth-order valence-electron chi connectivity index (χ4n) is 2.17. The maximum absolute atomic E-state index is 12.2. The van der Waals surface area contributed by atoms with Gasteiger partial charge in [0.2, 0.25) is 0 Å². The zero-order chi connectivity index (χ0) is 17.8. The van der Waals surface area contributed by atoms with Crippen LogP contribution in [0.3, 0.4) is 0 Å². The number of anilines is 1. The van der Waals surface area contributed by atoms with E-state index in [1.54, 1.807) is 49.4 Å². The molecule has 0 radical (unpaired) electrons. The van der Waals surface area contributed by atoms with Crippen molar-refractivity contribution in [2.75, 3.05) is 5.32 Å². The third kappa shape index (κ3) is 3.89. The zero-order valence-electron chi connectivity index (χ0n) is 13.4. The van der Waals surface area contributed by atoms with E-state index in [-0.39, 0.29) is 11.4 Å². The number of para-hydroxylation sites is 1. The Hall–Kier alpha value is -3.05. The van der Waals surface area contributed by atoms with E-state index >= 15 is 0 Å². The van der Waals surface area contributed by atoms with E-state index in [9.17, 15) is 9.90 Å². The number of aromatic hydroxyl groups is 1. The lowest BCUT2D eigenvalue weighted by Crippen LogP contribution is -2.14. The van der Waals surface area contributed by atoms with E-state index in [1.165, 1.54) is 6.20 Å². The van der Waals surface area contributed by atoms with Crippen LogP contribution < -0.4 is 10.1 Å². The summed E-state index contributed by atoms with van der Waals surface area (Å²) in [6, 6.07) is 15.6. The molecule has 0 saturated carbocycles. The molecule has 1 amide bonds. The average Bonchev–Trinajstić information content (AvgIpc) is 2.61. The lowest BCUT2D eigenvalue weighted by atomic mass is 10.2. The standard InChI is InChI=1S/C19H15ClN2O3/c1-12-10-11-21-17(18(12)23)19(24)22-13-6-8-14(9-7-13)25-16-5-3-2-4-15(16)20/h2-11,23H,1H3,(H,22,24). The molecule has 5 nitrogen and oxygen atoms in total. The molecule has 0 fully saturated rings. The Bertz CT molecular complexity index is 911. The van der Waals surface area contributed by atoms with Gasteiger partial charge in [-0.05, 0) is 55.0 Å². The first-order chi connectivity index (χ1) is 12.0. The van der Waals surface area contributed by atoms with Crippen LogP contribution in [0.1, 0.15) is 16.1 Å². The van der Waals surface area contributed by atoms with Gasteiger partial charge < -0.3 is 15.2 Å². The highest BCUT2D eigenvalue weighted by Crippen LogP contribution is 2.29. The molecule has 0 aliphatic rings. The number of carbonyl (C=O) groups excluding carboxylic acids is 1. The van der Waals surface area contributed by atoms with Crippen LogP contribution in [-0.2, 0) is 0 Å². The van der Waals surface area contributed by atoms with Crippen molar-refractivity contribution in [2.24, 2.45) is 0 Å². The lowest BCUT2D eigenvalue weighted by molar-refractivity contribution is 0.101. The number of hydrogen-bond donors (Lipinski definition) is 2. The molecule has 1 heterocycles.